The van der Waals surface area contributed by atoms with Crippen molar-refractivity contribution in [3.05, 3.63) is 96.7 Å². The van der Waals surface area contributed by atoms with Crippen LogP contribution in [-0.4, -0.2) is 22.4 Å². The molecule has 140 valence electrons. The molecule has 0 aliphatic carbocycles. The molecule has 0 aliphatic rings. The van der Waals surface area contributed by atoms with Crippen LogP contribution in [0, 0.1) is 0 Å². The van der Waals surface area contributed by atoms with E-state index in [1.807, 2.05) is 66.7 Å². The maximum absolute atomic E-state index is 12.9. The third kappa shape index (κ3) is 4.20. The molecule has 28 heavy (non-hydrogen) atoms. The molecule has 0 unspecified atom stereocenters. The lowest BCUT2D eigenvalue weighted by Gasteiger charge is -2.22. The standard InChI is InChI=1S/C23H20N2O3/c26-23(17-28-22-11-3-8-19-7-1-2-10-21(19)22)25(16-20-9-5-13-27-20)15-18-6-4-12-24-14-18/h1-14H,15-17H2. The highest BCUT2D eigenvalue weighted by Crippen LogP contribution is 2.25. The lowest BCUT2D eigenvalue weighted by atomic mass is 10.1. The first kappa shape index (κ1) is 17.8. The van der Waals surface area contributed by atoms with Crippen LogP contribution in [0.1, 0.15) is 11.3 Å². The van der Waals surface area contributed by atoms with Gasteiger partial charge in [-0.1, -0.05) is 42.5 Å². The number of carbonyl (C=O) groups excluding carboxylic acids is 1. The number of fused-ring (bicyclic) bond motifs is 1. The van der Waals surface area contributed by atoms with E-state index < -0.39 is 0 Å². The number of amides is 1. The lowest BCUT2D eigenvalue weighted by molar-refractivity contribution is -0.134. The van der Waals surface area contributed by atoms with Crippen LogP contribution in [0.4, 0.5) is 0 Å². The first-order chi connectivity index (χ1) is 13.8. The van der Waals surface area contributed by atoms with Gasteiger partial charge in [0, 0.05) is 24.3 Å². The smallest absolute Gasteiger partial charge is 0.261 e. The number of rotatable bonds is 7. The number of furan rings is 1. The summed E-state index contributed by atoms with van der Waals surface area (Å²) in [6.45, 7) is 0.765. The van der Waals surface area contributed by atoms with Gasteiger partial charge < -0.3 is 14.1 Å². The molecule has 0 aliphatic heterocycles. The normalized spacial score (nSPS) is 10.7. The van der Waals surface area contributed by atoms with Crippen LogP contribution in [0.5, 0.6) is 5.75 Å². The number of ether oxygens (including phenoxy) is 1. The van der Waals surface area contributed by atoms with E-state index >= 15 is 0 Å². The van der Waals surface area contributed by atoms with E-state index in [0.29, 0.717) is 18.8 Å². The summed E-state index contributed by atoms with van der Waals surface area (Å²) in [5.74, 6) is 1.31. The second-order valence-electron chi connectivity index (χ2n) is 6.46. The molecular formula is C23H20N2O3. The molecule has 5 heteroatoms. The highest BCUT2D eigenvalue weighted by molar-refractivity contribution is 5.88. The maximum atomic E-state index is 12.9. The molecule has 2 aromatic carbocycles. The quantitative estimate of drug-likeness (QED) is 0.481. The van der Waals surface area contributed by atoms with Gasteiger partial charge in [-0.2, -0.15) is 0 Å². The number of aromatic nitrogens is 1. The van der Waals surface area contributed by atoms with Gasteiger partial charge in [0.15, 0.2) is 6.61 Å². The lowest BCUT2D eigenvalue weighted by Crippen LogP contribution is -2.34. The molecule has 0 radical (unpaired) electrons. The average Bonchev–Trinajstić information content (AvgIpc) is 3.25. The van der Waals surface area contributed by atoms with Crippen LogP contribution in [0.15, 0.2) is 89.8 Å². The van der Waals surface area contributed by atoms with Gasteiger partial charge in [0.1, 0.15) is 11.5 Å². The Hall–Kier alpha value is -3.60. The van der Waals surface area contributed by atoms with Gasteiger partial charge in [0.05, 0.1) is 12.8 Å². The molecule has 0 saturated heterocycles. The molecule has 0 atom stereocenters. The van der Waals surface area contributed by atoms with Gasteiger partial charge in [0.2, 0.25) is 0 Å². The summed E-state index contributed by atoms with van der Waals surface area (Å²) in [7, 11) is 0. The Balaban J connectivity index is 1.49. The summed E-state index contributed by atoms with van der Waals surface area (Å²) in [5.41, 5.74) is 0.951. The molecule has 0 N–H and O–H groups in total. The molecule has 4 aromatic rings. The largest absolute Gasteiger partial charge is 0.483 e. The fourth-order valence-corrected chi connectivity index (χ4v) is 3.09. The molecule has 0 spiro atoms. The van der Waals surface area contributed by atoms with Crippen molar-refractivity contribution in [1.29, 1.82) is 0 Å². The van der Waals surface area contributed by atoms with Crippen LogP contribution >= 0.6 is 0 Å². The zero-order valence-electron chi connectivity index (χ0n) is 15.3. The second kappa shape index (κ2) is 8.39. The fraction of sp³-hybridized carbons (Fsp3) is 0.130. The maximum Gasteiger partial charge on any atom is 0.261 e. The van der Waals surface area contributed by atoms with Crippen LogP contribution in [0.2, 0.25) is 0 Å². The minimum atomic E-state index is -0.117. The zero-order chi connectivity index (χ0) is 19.2. The Morgan fingerprint density at radius 2 is 1.86 bits per heavy atom. The van der Waals surface area contributed by atoms with E-state index in [-0.39, 0.29) is 12.5 Å². The first-order valence-electron chi connectivity index (χ1n) is 9.09. The number of hydrogen-bond donors (Lipinski definition) is 0. The van der Waals surface area contributed by atoms with E-state index in [0.717, 1.165) is 22.1 Å². The minimum Gasteiger partial charge on any atom is -0.483 e. The zero-order valence-corrected chi connectivity index (χ0v) is 15.3. The monoisotopic (exact) mass is 372 g/mol. The number of nitrogens with zero attached hydrogens (tertiary/aromatic N) is 2. The van der Waals surface area contributed by atoms with Gasteiger partial charge in [-0.05, 0) is 35.2 Å². The van der Waals surface area contributed by atoms with Crippen LogP contribution in [0.3, 0.4) is 0 Å². The summed E-state index contributed by atoms with van der Waals surface area (Å²) in [5, 5.41) is 2.07. The van der Waals surface area contributed by atoms with Gasteiger partial charge in [-0.25, -0.2) is 0 Å². The Labute approximate surface area is 163 Å². The van der Waals surface area contributed by atoms with Crippen molar-refractivity contribution in [3.63, 3.8) is 0 Å². The van der Waals surface area contributed by atoms with Gasteiger partial charge >= 0.3 is 0 Å². The van der Waals surface area contributed by atoms with Crippen molar-refractivity contribution >= 4 is 16.7 Å². The number of carbonyl (C=O) groups is 1. The summed E-state index contributed by atoms with van der Waals surface area (Å²) >= 11 is 0. The van der Waals surface area contributed by atoms with Crippen molar-refractivity contribution in [3.8, 4) is 5.75 Å². The summed E-state index contributed by atoms with van der Waals surface area (Å²) in [6.07, 6.45) is 5.08. The van der Waals surface area contributed by atoms with Crippen molar-refractivity contribution in [2.75, 3.05) is 6.61 Å². The van der Waals surface area contributed by atoms with E-state index in [9.17, 15) is 4.79 Å². The Morgan fingerprint density at radius 1 is 0.964 bits per heavy atom. The van der Waals surface area contributed by atoms with Crippen LogP contribution in [0.25, 0.3) is 10.8 Å². The van der Waals surface area contributed by atoms with Gasteiger partial charge in [-0.15, -0.1) is 0 Å². The highest BCUT2D eigenvalue weighted by Gasteiger charge is 2.17. The number of benzene rings is 2. The average molecular weight is 372 g/mol. The van der Waals surface area contributed by atoms with E-state index in [1.54, 1.807) is 23.6 Å². The molecule has 0 fully saturated rings. The summed E-state index contributed by atoms with van der Waals surface area (Å²) in [4.78, 5) is 18.8. The first-order valence-corrected chi connectivity index (χ1v) is 9.09. The number of hydrogen-bond acceptors (Lipinski definition) is 4. The van der Waals surface area contributed by atoms with Gasteiger partial charge in [-0.3, -0.25) is 9.78 Å². The molecule has 0 bridgehead atoms. The summed E-state index contributed by atoms with van der Waals surface area (Å²) in [6, 6.07) is 21.3. The third-order valence-corrected chi connectivity index (χ3v) is 4.48. The van der Waals surface area contributed by atoms with Crippen LogP contribution in [-0.2, 0) is 17.9 Å². The van der Waals surface area contributed by atoms with E-state index in [2.05, 4.69) is 4.98 Å². The van der Waals surface area contributed by atoms with Crippen molar-refractivity contribution in [2.45, 2.75) is 13.1 Å². The van der Waals surface area contributed by atoms with E-state index in [4.69, 9.17) is 9.15 Å². The van der Waals surface area contributed by atoms with Crippen molar-refractivity contribution < 1.29 is 13.9 Å². The SMILES string of the molecule is O=C(COc1cccc2ccccc12)N(Cc1cccnc1)Cc1ccco1. The molecule has 1 amide bonds. The number of pyridine rings is 1. The van der Waals surface area contributed by atoms with Crippen LogP contribution < -0.4 is 4.74 Å². The predicted octanol–water partition coefficient (Wildman–Crippen LogP) is 4.44. The van der Waals surface area contributed by atoms with Gasteiger partial charge in [0.25, 0.3) is 5.91 Å². The molecule has 2 aromatic heterocycles. The molecular weight excluding hydrogens is 352 g/mol. The Bertz CT molecular complexity index is 1040. The Morgan fingerprint density at radius 3 is 2.68 bits per heavy atom. The highest BCUT2D eigenvalue weighted by atomic mass is 16.5. The molecule has 4 rings (SSSR count). The fourth-order valence-electron chi connectivity index (χ4n) is 3.09. The summed E-state index contributed by atoms with van der Waals surface area (Å²) < 4.78 is 11.3. The van der Waals surface area contributed by atoms with Crippen molar-refractivity contribution in [1.82, 2.24) is 9.88 Å². The Kier molecular flexibility index (Phi) is 5.33. The molecule has 5 nitrogen and oxygen atoms in total. The second-order valence-corrected chi connectivity index (χ2v) is 6.46. The molecule has 2 heterocycles. The third-order valence-electron chi connectivity index (χ3n) is 4.48. The minimum absolute atomic E-state index is 0.0466. The topological polar surface area (TPSA) is 55.6 Å². The van der Waals surface area contributed by atoms with Crippen molar-refractivity contribution in [2.24, 2.45) is 0 Å². The van der Waals surface area contributed by atoms with E-state index in [1.165, 1.54) is 0 Å². The molecule has 0 saturated carbocycles. The predicted molar refractivity (Wildman–Crippen MR) is 107 cm³/mol.